The second-order valence-corrected chi connectivity index (χ2v) is 7.92. The van der Waals surface area contributed by atoms with Crippen LogP contribution in [0.3, 0.4) is 0 Å². The van der Waals surface area contributed by atoms with Crippen LogP contribution in [0.25, 0.3) is 0 Å². The zero-order chi connectivity index (χ0) is 20.1. The molecule has 1 saturated heterocycles. The topological polar surface area (TPSA) is 207 Å². The van der Waals surface area contributed by atoms with Crippen molar-refractivity contribution in [2.45, 2.75) is 25.4 Å². The minimum absolute atomic E-state index is 0.0838. The molecule has 0 saturated carbocycles. The highest BCUT2D eigenvalue weighted by atomic mass is 32.1. The summed E-state index contributed by atoms with van der Waals surface area (Å²) in [5.74, 6) is -0.923. The first-order valence-electron chi connectivity index (χ1n) is 6.57. The number of rotatable bonds is 5. The predicted octanol–water partition coefficient (Wildman–Crippen LogP) is -1.04. The Labute approximate surface area is 150 Å². The molecule has 2 atom stereocenters. The Morgan fingerprint density at radius 3 is 2.42 bits per heavy atom. The first kappa shape index (κ1) is 23.5. The number of aliphatic hydroxyl groups excluding tert-OH is 2. The van der Waals surface area contributed by atoms with Crippen LogP contribution in [-0.2, 0) is 13.6 Å². The Morgan fingerprint density at radius 1 is 1.35 bits per heavy atom. The van der Waals surface area contributed by atoms with Crippen molar-refractivity contribution in [1.82, 2.24) is 9.55 Å². The maximum Gasteiger partial charge on any atom is 0.622 e. The van der Waals surface area contributed by atoms with Gasteiger partial charge in [-0.25, -0.2) is 0 Å². The maximum atomic E-state index is 13.0. The van der Waals surface area contributed by atoms with E-state index in [9.17, 15) is 9.18 Å². The lowest BCUT2D eigenvalue weighted by atomic mass is 10.3. The van der Waals surface area contributed by atoms with E-state index in [1.165, 1.54) is 4.57 Å². The number of hydrogen-bond donors (Lipinski definition) is 8. The van der Waals surface area contributed by atoms with Gasteiger partial charge in [-0.2, -0.15) is 28.9 Å². The molecule has 0 radical (unpaired) electrons. The number of nitrogens with one attached hydrogen (secondary N) is 1. The number of halogens is 1. The van der Waals surface area contributed by atoms with Crippen molar-refractivity contribution >= 4 is 28.6 Å². The van der Waals surface area contributed by atoms with Crippen molar-refractivity contribution in [1.29, 1.82) is 0 Å². The number of aliphatic hydroxyl groups is 2. The molecule has 0 amide bonds. The Bertz CT molecular complexity index is 708. The van der Waals surface area contributed by atoms with Gasteiger partial charge in [-0.3, -0.25) is 14.3 Å². The minimum atomic E-state index is -4.75. The van der Waals surface area contributed by atoms with Gasteiger partial charge in [-0.1, -0.05) is 0 Å². The summed E-state index contributed by atoms with van der Waals surface area (Å²) < 4.78 is 26.6. The third kappa shape index (κ3) is 8.02. The van der Waals surface area contributed by atoms with Crippen LogP contribution in [0.5, 0.6) is 0 Å². The van der Waals surface area contributed by atoms with Crippen LogP contribution in [0.2, 0.25) is 0 Å². The minimum Gasteiger partial charge on any atom is -0.368 e. The molecule has 1 fully saturated rings. The normalized spacial score (nSPS) is 20.6. The molecule has 13 nitrogen and oxygen atoms in total. The highest BCUT2D eigenvalue weighted by Gasteiger charge is 2.58. The van der Waals surface area contributed by atoms with E-state index < -0.39 is 47.0 Å². The largest absolute Gasteiger partial charge is 0.622 e. The molecule has 2 rings (SSSR count). The van der Waals surface area contributed by atoms with Crippen molar-refractivity contribution in [3.63, 3.8) is 0 Å². The summed E-state index contributed by atoms with van der Waals surface area (Å²) in [5, 5.41) is 17.1. The van der Waals surface area contributed by atoms with Crippen molar-refractivity contribution in [3.8, 4) is 0 Å². The highest BCUT2D eigenvalue weighted by Crippen LogP contribution is 2.66. The molecular weight excluding hydrogens is 425 g/mol. The summed E-state index contributed by atoms with van der Waals surface area (Å²) in [7, 11) is -9.27. The monoisotopic (exact) mass is 442 g/mol. The molecule has 0 bridgehead atoms. The van der Waals surface area contributed by atoms with Crippen LogP contribution in [0.1, 0.15) is 19.1 Å². The number of ether oxygens (including phenoxy) is 1. The van der Waals surface area contributed by atoms with Gasteiger partial charge in [0.25, 0.3) is 5.56 Å². The Morgan fingerprint density at radius 2 is 1.96 bits per heavy atom. The highest BCUT2D eigenvalue weighted by molar-refractivity contribution is 7.71. The van der Waals surface area contributed by atoms with E-state index in [2.05, 4.69) is 13.8 Å². The van der Waals surface area contributed by atoms with Gasteiger partial charge in [-0.15, -0.1) is 4.52 Å². The summed E-state index contributed by atoms with van der Waals surface area (Å²) in [6.07, 6.45) is 0.614. The molecule has 1 aromatic rings. The second-order valence-electron chi connectivity index (χ2n) is 4.61. The van der Waals surface area contributed by atoms with E-state index in [-0.39, 0.29) is 4.77 Å². The van der Waals surface area contributed by atoms with Gasteiger partial charge in [0, 0.05) is 6.42 Å². The number of H-pyrrole nitrogens is 1. The molecule has 1 aliphatic heterocycles. The quantitative estimate of drug-likeness (QED) is 0.156. The Kier molecular flexibility index (Phi) is 8.70. The molecule has 0 aromatic carbocycles. The lowest BCUT2D eigenvalue weighted by Gasteiger charge is -2.14. The summed E-state index contributed by atoms with van der Waals surface area (Å²) in [6, 6.07) is 0. The summed E-state index contributed by atoms with van der Waals surface area (Å²) >= 11 is 4.85. The lowest BCUT2D eigenvalue weighted by Crippen LogP contribution is -2.20. The fraction of sp³-hybridized carbons (Fsp3) is 0.556. The van der Waals surface area contributed by atoms with Crippen molar-refractivity contribution in [2.24, 2.45) is 0 Å². The van der Waals surface area contributed by atoms with Gasteiger partial charge in [0.05, 0.1) is 10.5 Å². The van der Waals surface area contributed by atoms with Gasteiger partial charge in [0.2, 0.25) is 5.82 Å². The summed E-state index contributed by atoms with van der Waals surface area (Å²) in [6.45, 7) is -1.08. The molecule has 2 heterocycles. The summed E-state index contributed by atoms with van der Waals surface area (Å²) in [5.41, 5.74) is -0.852. The van der Waals surface area contributed by atoms with Gasteiger partial charge in [0.15, 0.2) is 17.9 Å². The van der Waals surface area contributed by atoms with E-state index in [1.54, 1.807) is 0 Å². The Hall–Kier alpha value is -0.510. The van der Waals surface area contributed by atoms with Crippen LogP contribution in [-0.4, -0.2) is 57.3 Å². The zero-order valence-electron chi connectivity index (χ0n) is 12.7. The maximum absolute atomic E-state index is 13.0. The molecule has 0 spiro atoms. The molecule has 17 heteroatoms. The van der Waals surface area contributed by atoms with Gasteiger partial charge in [-0.05, 0) is 18.6 Å². The van der Waals surface area contributed by atoms with Crippen molar-refractivity contribution in [3.05, 3.63) is 27.1 Å². The van der Waals surface area contributed by atoms with Gasteiger partial charge >= 0.3 is 16.3 Å². The van der Waals surface area contributed by atoms with E-state index >= 15 is 0 Å². The number of aromatic nitrogens is 2. The zero-order valence-corrected chi connectivity index (χ0v) is 15.4. The smallest absolute Gasteiger partial charge is 0.368 e. The van der Waals surface area contributed by atoms with Crippen molar-refractivity contribution in [2.75, 3.05) is 6.79 Å². The van der Waals surface area contributed by atoms with Crippen LogP contribution in [0.4, 0.5) is 4.39 Å². The van der Waals surface area contributed by atoms with E-state index in [0.717, 1.165) is 6.20 Å². The fourth-order valence-corrected chi connectivity index (χ4v) is 3.47. The fourth-order valence-electron chi connectivity index (χ4n) is 1.72. The third-order valence-corrected chi connectivity index (χ3v) is 5.14. The first-order chi connectivity index (χ1) is 11.8. The number of aromatic amines is 1. The molecule has 150 valence electrons. The van der Waals surface area contributed by atoms with Crippen LogP contribution in [0.15, 0.2) is 11.0 Å². The molecule has 2 unspecified atom stereocenters. The number of hydrogen-bond acceptors (Lipinski definition) is 12. The average Bonchev–Trinajstić information content (AvgIpc) is 2.87. The van der Waals surface area contributed by atoms with Gasteiger partial charge in [0.1, 0.15) is 6.23 Å². The molecule has 1 aliphatic rings. The van der Waals surface area contributed by atoms with E-state index in [1.807, 2.05) is 0 Å². The van der Waals surface area contributed by atoms with E-state index in [0.29, 0.717) is 12.8 Å². The second kappa shape index (κ2) is 9.61. The third-order valence-electron chi connectivity index (χ3n) is 2.65. The molecule has 26 heavy (non-hydrogen) atoms. The van der Waals surface area contributed by atoms with Crippen LogP contribution >= 0.6 is 28.6 Å². The van der Waals surface area contributed by atoms with Crippen molar-refractivity contribution < 1.29 is 52.6 Å². The number of nitrogens with zero attached hydrogens (tertiary/aromatic N) is 1. The lowest BCUT2D eigenvalue weighted by molar-refractivity contribution is -0.113. The van der Waals surface area contributed by atoms with Crippen LogP contribution in [0, 0.1) is 10.6 Å². The van der Waals surface area contributed by atoms with E-state index in [4.69, 9.17) is 51.6 Å². The van der Waals surface area contributed by atoms with Crippen LogP contribution < -0.4 is 5.56 Å². The molecule has 0 aliphatic carbocycles. The molecule has 8 N–H and O–H groups in total. The van der Waals surface area contributed by atoms with Gasteiger partial charge < -0.3 is 14.9 Å². The SMILES string of the molecule is O=c1[nH]c(=S)n(C2CCC(O)O2)cc1F.OCO[P+](O)(O)O[P+](O)(O)O. The average molecular weight is 442 g/mol. The predicted molar refractivity (Wildman–Crippen MR) is 85.4 cm³/mol. The Balaban J connectivity index is 0.000000276. The standard InChI is InChI=1S/C8H9FN2O3S.CH8O8P2/c9-4-3-11(8(15)10-7(4)13)5-1-2-6(12)14-5;2-1-8-11(6,7)9-10(3,4)5/h3,5-6,12H,1-2H2,(H,10,13,15);2-7H,1H2/q;+2. The first-order valence-corrected chi connectivity index (χ1v) is 10.1. The summed E-state index contributed by atoms with van der Waals surface area (Å²) in [4.78, 5) is 54.4. The molecule has 1 aromatic heterocycles. The molecular formula is C9H17FN2O11P2S+2.